The summed E-state index contributed by atoms with van der Waals surface area (Å²) in [6, 6.07) is 0.419. The first kappa shape index (κ1) is 17.7. The van der Waals surface area contributed by atoms with Crippen molar-refractivity contribution in [2.24, 2.45) is 16.3 Å². The van der Waals surface area contributed by atoms with E-state index in [-0.39, 0.29) is 5.41 Å². The second kappa shape index (κ2) is 7.40. The van der Waals surface area contributed by atoms with Gasteiger partial charge >= 0.3 is 0 Å². The van der Waals surface area contributed by atoms with E-state index in [0.717, 1.165) is 31.2 Å². The van der Waals surface area contributed by atoms with E-state index in [4.69, 9.17) is 9.73 Å². The number of hydrogen-bond acceptors (Lipinski definition) is 4. The SMILES string of the molecule is CCNC(=NCc1csc(CC)n1)NC1C2CCCOC2C1(C)C. The molecule has 3 unspecified atom stereocenters. The molecule has 1 saturated heterocycles. The van der Waals surface area contributed by atoms with E-state index in [0.29, 0.717) is 24.6 Å². The quantitative estimate of drug-likeness (QED) is 0.633. The van der Waals surface area contributed by atoms with E-state index in [9.17, 15) is 0 Å². The molecule has 2 fully saturated rings. The van der Waals surface area contributed by atoms with Crippen LogP contribution in [0.3, 0.4) is 0 Å². The molecule has 1 aromatic rings. The highest BCUT2D eigenvalue weighted by Gasteiger charge is 2.58. The summed E-state index contributed by atoms with van der Waals surface area (Å²) < 4.78 is 6.00. The molecule has 1 aromatic heterocycles. The maximum absolute atomic E-state index is 6.00. The van der Waals surface area contributed by atoms with E-state index in [1.165, 1.54) is 17.8 Å². The topological polar surface area (TPSA) is 58.5 Å². The van der Waals surface area contributed by atoms with E-state index in [2.05, 4.69) is 48.7 Å². The summed E-state index contributed by atoms with van der Waals surface area (Å²) in [5.74, 6) is 1.49. The Morgan fingerprint density at radius 1 is 1.46 bits per heavy atom. The predicted molar refractivity (Wildman–Crippen MR) is 99.5 cm³/mol. The number of nitrogens with zero attached hydrogens (tertiary/aromatic N) is 2. The first-order valence-corrected chi connectivity index (χ1v) is 10.0. The number of aryl methyl sites for hydroxylation is 1. The van der Waals surface area contributed by atoms with Crippen LogP contribution in [0.2, 0.25) is 0 Å². The van der Waals surface area contributed by atoms with Gasteiger partial charge in [0.05, 0.1) is 23.4 Å². The number of thiazole rings is 1. The van der Waals surface area contributed by atoms with Crippen molar-refractivity contribution in [3.63, 3.8) is 0 Å². The lowest BCUT2D eigenvalue weighted by molar-refractivity contribution is -0.188. The van der Waals surface area contributed by atoms with Gasteiger partial charge in [-0.15, -0.1) is 11.3 Å². The second-order valence-corrected chi connectivity index (χ2v) is 8.26. The number of fused-ring (bicyclic) bond motifs is 1. The molecule has 1 aliphatic heterocycles. The molecule has 1 aliphatic carbocycles. The zero-order chi connectivity index (χ0) is 17.2. The summed E-state index contributed by atoms with van der Waals surface area (Å²) >= 11 is 1.72. The Hall–Kier alpha value is -1.14. The largest absolute Gasteiger partial charge is 0.377 e. The first-order valence-electron chi connectivity index (χ1n) is 9.16. The molecule has 2 heterocycles. The monoisotopic (exact) mass is 350 g/mol. The molecule has 3 atom stereocenters. The summed E-state index contributed by atoms with van der Waals surface area (Å²) in [5, 5.41) is 10.3. The van der Waals surface area contributed by atoms with Gasteiger partial charge in [0, 0.05) is 35.9 Å². The van der Waals surface area contributed by atoms with Gasteiger partial charge < -0.3 is 15.4 Å². The fourth-order valence-electron chi connectivity index (χ4n) is 4.03. The van der Waals surface area contributed by atoms with Crippen molar-refractivity contribution in [2.45, 2.75) is 65.6 Å². The Labute approximate surface area is 149 Å². The molecule has 0 aromatic carbocycles. The lowest BCUT2D eigenvalue weighted by Crippen LogP contribution is -2.71. The highest BCUT2D eigenvalue weighted by atomic mass is 32.1. The Morgan fingerprint density at radius 3 is 3.00 bits per heavy atom. The van der Waals surface area contributed by atoms with Gasteiger partial charge in [-0.05, 0) is 26.2 Å². The number of nitrogens with one attached hydrogen (secondary N) is 2. The average Bonchev–Trinajstić information content (AvgIpc) is 3.05. The molecule has 0 amide bonds. The van der Waals surface area contributed by atoms with Crippen molar-refractivity contribution in [2.75, 3.05) is 13.2 Å². The Morgan fingerprint density at radius 2 is 2.29 bits per heavy atom. The molecule has 24 heavy (non-hydrogen) atoms. The van der Waals surface area contributed by atoms with E-state index >= 15 is 0 Å². The Kier molecular flexibility index (Phi) is 5.45. The molecule has 3 rings (SSSR count). The number of hydrogen-bond donors (Lipinski definition) is 2. The molecule has 6 heteroatoms. The van der Waals surface area contributed by atoms with E-state index in [1.807, 2.05) is 0 Å². The fourth-order valence-corrected chi connectivity index (χ4v) is 4.76. The highest BCUT2D eigenvalue weighted by molar-refractivity contribution is 7.09. The summed E-state index contributed by atoms with van der Waals surface area (Å²) in [7, 11) is 0. The molecule has 0 bridgehead atoms. The maximum atomic E-state index is 6.00. The van der Waals surface area contributed by atoms with Gasteiger partial charge in [0.25, 0.3) is 0 Å². The second-order valence-electron chi connectivity index (χ2n) is 7.32. The average molecular weight is 351 g/mol. The van der Waals surface area contributed by atoms with Gasteiger partial charge in [0.1, 0.15) is 0 Å². The van der Waals surface area contributed by atoms with Crippen LogP contribution in [0.15, 0.2) is 10.4 Å². The van der Waals surface area contributed by atoms with Crippen molar-refractivity contribution < 1.29 is 4.74 Å². The maximum Gasteiger partial charge on any atom is 0.191 e. The van der Waals surface area contributed by atoms with Crippen LogP contribution in [0.4, 0.5) is 0 Å². The lowest BCUT2D eigenvalue weighted by Gasteiger charge is -2.60. The number of rotatable bonds is 5. The van der Waals surface area contributed by atoms with Gasteiger partial charge in [-0.1, -0.05) is 20.8 Å². The molecular weight excluding hydrogens is 320 g/mol. The van der Waals surface area contributed by atoms with Crippen LogP contribution in [-0.2, 0) is 17.7 Å². The van der Waals surface area contributed by atoms with Crippen LogP contribution in [0.1, 0.15) is 51.2 Å². The molecule has 2 aliphatic rings. The van der Waals surface area contributed by atoms with Gasteiger partial charge in [-0.2, -0.15) is 0 Å². The van der Waals surface area contributed by atoms with E-state index < -0.39 is 0 Å². The van der Waals surface area contributed by atoms with Crippen LogP contribution < -0.4 is 10.6 Å². The Bertz CT molecular complexity index is 583. The van der Waals surface area contributed by atoms with Gasteiger partial charge in [-0.3, -0.25) is 0 Å². The molecule has 0 spiro atoms. The zero-order valence-corrected chi connectivity index (χ0v) is 16.1. The van der Waals surface area contributed by atoms with Gasteiger partial charge in [0.15, 0.2) is 5.96 Å². The lowest BCUT2D eigenvalue weighted by atomic mass is 9.55. The number of aromatic nitrogens is 1. The number of guanidine groups is 1. The number of ether oxygens (including phenoxy) is 1. The van der Waals surface area contributed by atoms with Crippen LogP contribution in [-0.4, -0.2) is 36.2 Å². The molecule has 0 radical (unpaired) electrons. The third kappa shape index (κ3) is 3.45. The minimum atomic E-state index is 0.150. The highest BCUT2D eigenvalue weighted by Crippen LogP contribution is 2.51. The summed E-state index contributed by atoms with van der Waals surface area (Å²) in [6.45, 7) is 11.2. The molecule has 5 nitrogen and oxygen atoms in total. The van der Waals surface area contributed by atoms with Crippen molar-refractivity contribution in [3.05, 3.63) is 16.1 Å². The van der Waals surface area contributed by atoms with E-state index in [1.54, 1.807) is 11.3 Å². The van der Waals surface area contributed by atoms with Crippen LogP contribution in [0.5, 0.6) is 0 Å². The van der Waals surface area contributed by atoms with Crippen molar-refractivity contribution >= 4 is 17.3 Å². The van der Waals surface area contributed by atoms with Crippen molar-refractivity contribution in [3.8, 4) is 0 Å². The third-order valence-corrected chi connectivity index (χ3v) is 6.31. The molecular formula is C18H30N4OS. The van der Waals surface area contributed by atoms with Gasteiger partial charge in [-0.25, -0.2) is 9.98 Å². The van der Waals surface area contributed by atoms with Crippen molar-refractivity contribution in [1.29, 1.82) is 0 Å². The molecule has 2 N–H and O–H groups in total. The smallest absolute Gasteiger partial charge is 0.191 e. The summed E-state index contributed by atoms with van der Waals surface area (Å²) in [4.78, 5) is 9.36. The van der Waals surface area contributed by atoms with Gasteiger partial charge in [0.2, 0.25) is 0 Å². The minimum absolute atomic E-state index is 0.150. The fraction of sp³-hybridized carbons (Fsp3) is 0.778. The Balaban J connectivity index is 1.65. The standard InChI is InChI=1S/C18H30N4OS/c1-5-14-21-12(11-24-14)10-20-17(19-6-2)22-15-13-8-7-9-23-16(13)18(15,3)4/h11,13,15-16H,5-10H2,1-4H3,(H2,19,20,22). The minimum Gasteiger partial charge on any atom is -0.377 e. The van der Waals surface area contributed by atoms with Crippen LogP contribution in [0.25, 0.3) is 0 Å². The normalized spacial score (nSPS) is 28.8. The first-order chi connectivity index (χ1) is 11.6. The predicted octanol–water partition coefficient (Wildman–Crippen LogP) is 2.96. The summed E-state index contributed by atoms with van der Waals surface area (Å²) in [5.41, 5.74) is 1.21. The molecule has 134 valence electrons. The van der Waals surface area contributed by atoms with Crippen molar-refractivity contribution in [1.82, 2.24) is 15.6 Å². The summed E-state index contributed by atoms with van der Waals surface area (Å²) in [6.07, 6.45) is 3.79. The third-order valence-electron chi connectivity index (χ3n) is 5.27. The van der Waals surface area contributed by atoms with Crippen LogP contribution >= 0.6 is 11.3 Å². The number of aliphatic imine (C=N–C) groups is 1. The zero-order valence-electron chi connectivity index (χ0n) is 15.3. The van der Waals surface area contributed by atoms with Crippen LogP contribution in [0, 0.1) is 11.3 Å². The molecule has 1 saturated carbocycles.